The number of hydrogen-bond donors (Lipinski definition) is 1. The second-order valence-electron chi connectivity index (χ2n) is 2.98. The number of thiol groups is 1. The van der Waals surface area contributed by atoms with Crippen LogP contribution in [-0.2, 0) is 0 Å². The maximum absolute atomic E-state index is 11.6. The van der Waals surface area contributed by atoms with E-state index in [2.05, 4.69) is 28.6 Å². The molecule has 1 aromatic rings. The quantitative estimate of drug-likeness (QED) is 0.490. The Balaban J connectivity index is 3.09. The van der Waals surface area contributed by atoms with E-state index in [1.54, 1.807) is 0 Å². The molecule has 0 heterocycles. The van der Waals surface area contributed by atoms with E-state index in [4.69, 9.17) is 0 Å². The Labute approximate surface area is 92.1 Å². The zero-order chi connectivity index (χ0) is 10.0. The third kappa shape index (κ3) is 2.58. The van der Waals surface area contributed by atoms with Crippen LogP contribution in [0.1, 0.15) is 22.8 Å². The number of hydrogen-bond acceptors (Lipinski definition) is 2. The molecule has 0 radical (unpaired) electrons. The lowest BCUT2D eigenvalue weighted by atomic mass is 10.0. The first-order valence-electron chi connectivity index (χ1n) is 4.00. The van der Waals surface area contributed by atoms with Crippen molar-refractivity contribution in [1.82, 2.24) is 0 Å². The largest absolute Gasteiger partial charge is 0.293 e. The van der Waals surface area contributed by atoms with Crippen molar-refractivity contribution in [1.29, 1.82) is 0 Å². The summed E-state index contributed by atoms with van der Waals surface area (Å²) in [5.41, 5.74) is 1.74. The van der Waals surface area contributed by atoms with E-state index in [-0.39, 0.29) is 10.6 Å². The highest BCUT2D eigenvalue weighted by molar-refractivity contribution is 9.10. The van der Waals surface area contributed by atoms with Crippen LogP contribution in [0.4, 0.5) is 0 Å². The number of alkyl halides is 1. The predicted octanol–water partition coefficient (Wildman–Crippen LogP) is 3.25. The minimum Gasteiger partial charge on any atom is -0.293 e. The van der Waals surface area contributed by atoms with Crippen LogP contribution in [0.15, 0.2) is 23.1 Å². The van der Waals surface area contributed by atoms with Crippen molar-refractivity contribution >= 4 is 34.3 Å². The molecule has 3 heteroatoms. The summed E-state index contributed by atoms with van der Waals surface area (Å²) in [6.07, 6.45) is 0. The number of ketones is 1. The Bertz CT molecular complexity index is 334. The second kappa shape index (κ2) is 4.29. The number of benzene rings is 1. The number of aryl methyl sites for hydroxylation is 1. The molecule has 0 amide bonds. The molecule has 13 heavy (non-hydrogen) atoms. The van der Waals surface area contributed by atoms with Gasteiger partial charge in [0, 0.05) is 10.5 Å². The SMILES string of the molecule is Cc1cc(S)ccc1C(=O)C(C)Br. The summed E-state index contributed by atoms with van der Waals surface area (Å²) < 4.78 is 0. The Hall–Kier alpha value is -0.280. The molecule has 1 unspecified atom stereocenters. The highest BCUT2D eigenvalue weighted by atomic mass is 79.9. The monoisotopic (exact) mass is 258 g/mol. The smallest absolute Gasteiger partial charge is 0.176 e. The fraction of sp³-hybridized carbons (Fsp3) is 0.300. The molecule has 0 saturated heterocycles. The molecular weight excluding hydrogens is 248 g/mol. The Morgan fingerprint density at radius 2 is 2.15 bits per heavy atom. The van der Waals surface area contributed by atoms with Gasteiger partial charge in [-0.1, -0.05) is 22.0 Å². The molecule has 0 bridgehead atoms. The van der Waals surface area contributed by atoms with Crippen LogP contribution in [0, 0.1) is 6.92 Å². The third-order valence-corrected chi connectivity index (χ3v) is 2.53. The van der Waals surface area contributed by atoms with Crippen molar-refractivity contribution < 1.29 is 4.79 Å². The Morgan fingerprint density at radius 1 is 1.54 bits per heavy atom. The number of carbonyl (C=O) groups excluding carboxylic acids is 1. The summed E-state index contributed by atoms with van der Waals surface area (Å²) in [5, 5.41) is 0. The fourth-order valence-corrected chi connectivity index (χ4v) is 1.65. The van der Waals surface area contributed by atoms with Crippen molar-refractivity contribution in [2.24, 2.45) is 0 Å². The molecule has 0 aliphatic carbocycles. The van der Waals surface area contributed by atoms with Crippen LogP contribution in [0.2, 0.25) is 0 Å². The van der Waals surface area contributed by atoms with Crippen LogP contribution in [0.3, 0.4) is 0 Å². The summed E-state index contributed by atoms with van der Waals surface area (Å²) in [5.74, 6) is 0.117. The topological polar surface area (TPSA) is 17.1 Å². The molecule has 1 rings (SSSR count). The van der Waals surface area contributed by atoms with Crippen molar-refractivity contribution in [2.75, 3.05) is 0 Å². The van der Waals surface area contributed by atoms with Gasteiger partial charge in [0.1, 0.15) is 0 Å². The minimum atomic E-state index is -0.128. The van der Waals surface area contributed by atoms with Gasteiger partial charge in [-0.15, -0.1) is 12.6 Å². The average molecular weight is 259 g/mol. The molecule has 0 N–H and O–H groups in total. The maximum Gasteiger partial charge on any atom is 0.176 e. The molecule has 1 aromatic carbocycles. The van der Waals surface area contributed by atoms with Gasteiger partial charge in [-0.2, -0.15) is 0 Å². The number of carbonyl (C=O) groups is 1. The minimum absolute atomic E-state index is 0.117. The first-order chi connectivity index (χ1) is 6.02. The Morgan fingerprint density at radius 3 is 2.62 bits per heavy atom. The van der Waals surface area contributed by atoms with E-state index in [9.17, 15) is 4.79 Å². The molecular formula is C10H11BrOS. The average Bonchev–Trinajstić information content (AvgIpc) is 2.03. The van der Waals surface area contributed by atoms with Crippen LogP contribution < -0.4 is 0 Å². The molecule has 0 aliphatic rings. The van der Waals surface area contributed by atoms with Gasteiger partial charge in [-0.3, -0.25) is 4.79 Å². The van der Waals surface area contributed by atoms with Gasteiger partial charge in [-0.05, 0) is 31.5 Å². The summed E-state index contributed by atoms with van der Waals surface area (Å²) in [6, 6.07) is 5.54. The predicted molar refractivity (Wildman–Crippen MR) is 61.2 cm³/mol. The first-order valence-corrected chi connectivity index (χ1v) is 5.36. The molecule has 0 saturated carbocycles. The van der Waals surface area contributed by atoms with Gasteiger partial charge in [-0.25, -0.2) is 0 Å². The molecule has 70 valence electrons. The van der Waals surface area contributed by atoms with Gasteiger partial charge in [0.2, 0.25) is 0 Å². The molecule has 0 aromatic heterocycles. The van der Waals surface area contributed by atoms with E-state index >= 15 is 0 Å². The van der Waals surface area contributed by atoms with E-state index in [1.165, 1.54) is 0 Å². The fourth-order valence-electron chi connectivity index (χ4n) is 1.14. The number of Topliss-reactive ketones (excluding diaryl/α,β-unsaturated/α-hetero) is 1. The van der Waals surface area contributed by atoms with E-state index in [1.807, 2.05) is 32.0 Å². The molecule has 0 aliphatic heterocycles. The molecule has 1 atom stereocenters. The van der Waals surface area contributed by atoms with Gasteiger partial charge in [0.25, 0.3) is 0 Å². The summed E-state index contributed by atoms with van der Waals surface area (Å²) in [4.78, 5) is 12.4. The highest BCUT2D eigenvalue weighted by Gasteiger charge is 2.13. The Kier molecular flexibility index (Phi) is 3.56. The summed E-state index contributed by atoms with van der Waals surface area (Å²) in [6.45, 7) is 3.75. The summed E-state index contributed by atoms with van der Waals surface area (Å²) >= 11 is 7.46. The van der Waals surface area contributed by atoms with Gasteiger partial charge >= 0.3 is 0 Å². The van der Waals surface area contributed by atoms with Crippen molar-refractivity contribution in [3.05, 3.63) is 29.3 Å². The second-order valence-corrected chi connectivity index (χ2v) is 4.87. The van der Waals surface area contributed by atoms with Crippen LogP contribution in [0.5, 0.6) is 0 Å². The van der Waals surface area contributed by atoms with Crippen LogP contribution in [0.25, 0.3) is 0 Å². The number of rotatable bonds is 2. The van der Waals surface area contributed by atoms with Gasteiger partial charge in [0.15, 0.2) is 5.78 Å². The number of halogens is 1. The standard InChI is InChI=1S/C10H11BrOS/c1-6-5-8(13)3-4-9(6)10(12)7(2)11/h3-5,7,13H,1-2H3. The zero-order valence-electron chi connectivity index (χ0n) is 7.54. The van der Waals surface area contributed by atoms with Gasteiger partial charge in [0.05, 0.1) is 4.83 Å². The molecule has 0 fully saturated rings. The third-order valence-electron chi connectivity index (χ3n) is 1.84. The lowest BCUT2D eigenvalue weighted by molar-refractivity contribution is 0.0995. The van der Waals surface area contributed by atoms with Crippen LogP contribution in [-0.4, -0.2) is 10.6 Å². The van der Waals surface area contributed by atoms with Crippen molar-refractivity contribution in [2.45, 2.75) is 23.6 Å². The van der Waals surface area contributed by atoms with Gasteiger partial charge < -0.3 is 0 Å². The van der Waals surface area contributed by atoms with E-state index in [0.29, 0.717) is 0 Å². The normalized spacial score (nSPS) is 12.6. The molecule has 1 nitrogen and oxygen atoms in total. The highest BCUT2D eigenvalue weighted by Crippen LogP contribution is 2.17. The van der Waals surface area contributed by atoms with Crippen molar-refractivity contribution in [3.63, 3.8) is 0 Å². The van der Waals surface area contributed by atoms with Crippen LogP contribution >= 0.6 is 28.6 Å². The lowest BCUT2D eigenvalue weighted by Gasteiger charge is -2.06. The lowest BCUT2D eigenvalue weighted by Crippen LogP contribution is -2.11. The first kappa shape index (κ1) is 10.8. The van der Waals surface area contributed by atoms with E-state index < -0.39 is 0 Å². The van der Waals surface area contributed by atoms with Crippen molar-refractivity contribution in [3.8, 4) is 0 Å². The summed E-state index contributed by atoms with van der Waals surface area (Å²) in [7, 11) is 0. The zero-order valence-corrected chi connectivity index (χ0v) is 10.0. The maximum atomic E-state index is 11.6. The van der Waals surface area contributed by atoms with E-state index in [0.717, 1.165) is 16.0 Å². The molecule has 0 spiro atoms.